The van der Waals surface area contributed by atoms with E-state index >= 15 is 0 Å². The number of aromatic nitrogens is 2. The lowest BCUT2D eigenvalue weighted by Crippen LogP contribution is -1.76. The zero-order valence-electron chi connectivity index (χ0n) is 9.12. The Labute approximate surface area is 103 Å². The molecular formula is C12H9N3OS. The average molecular weight is 243 g/mol. The van der Waals surface area contributed by atoms with Crippen molar-refractivity contribution >= 4 is 23.9 Å². The maximum absolute atomic E-state index is 8.52. The maximum Gasteiger partial charge on any atom is 0.223 e. The van der Waals surface area contributed by atoms with Crippen molar-refractivity contribution < 1.29 is 4.52 Å². The Kier molecular flexibility index (Phi) is 3.58. The molecule has 0 saturated heterocycles. The Morgan fingerprint density at radius 3 is 2.65 bits per heavy atom. The SMILES string of the molecule is Cc1nc(C=Cc2ccc(SC#N)cc2)no1. The molecule has 1 aromatic heterocycles. The molecule has 0 bridgehead atoms. The number of nitriles is 1. The third-order valence-electron chi connectivity index (χ3n) is 2.01. The van der Waals surface area contributed by atoms with E-state index in [9.17, 15) is 0 Å². The summed E-state index contributed by atoms with van der Waals surface area (Å²) in [5, 5.41) is 14.3. The minimum Gasteiger partial charge on any atom is -0.339 e. The van der Waals surface area contributed by atoms with Crippen LogP contribution in [0.3, 0.4) is 0 Å². The van der Waals surface area contributed by atoms with Crippen LogP contribution >= 0.6 is 11.8 Å². The highest BCUT2D eigenvalue weighted by atomic mass is 32.2. The van der Waals surface area contributed by atoms with Gasteiger partial charge < -0.3 is 4.52 Å². The van der Waals surface area contributed by atoms with Gasteiger partial charge in [0.2, 0.25) is 5.89 Å². The van der Waals surface area contributed by atoms with Gasteiger partial charge in [-0.3, -0.25) is 0 Å². The third-order valence-corrected chi connectivity index (χ3v) is 2.61. The molecule has 0 unspecified atom stereocenters. The third kappa shape index (κ3) is 3.20. The number of benzene rings is 1. The first-order valence-electron chi connectivity index (χ1n) is 4.92. The van der Waals surface area contributed by atoms with Crippen LogP contribution in [-0.4, -0.2) is 10.1 Å². The van der Waals surface area contributed by atoms with Crippen LogP contribution in [-0.2, 0) is 0 Å². The van der Waals surface area contributed by atoms with Gasteiger partial charge in [-0.25, -0.2) is 0 Å². The Bertz CT molecular complexity index is 566. The molecule has 0 radical (unpaired) electrons. The number of nitrogens with zero attached hydrogens (tertiary/aromatic N) is 3. The summed E-state index contributed by atoms with van der Waals surface area (Å²) in [6.45, 7) is 1.75. The average Bonchev–Trinajstić information content (AvgIpc) is 2.75. The van der Waals surface area contributed by atoms with E-state index in [4.69, 9.17) is 9.78 Å². The summed E-state index contributed by atoms with van der Waals surface area (Å²) in [5.74, 6) is 1.10. The van der Waals surface area contributed by atoms with E-state index in [-0.39, 0.29) is 0 Å². The summed E-state index contributed by atoms with van der Waals surface area (Å²) in [5.41, 5.74) is 1.02. The molecule has 0 spiro atoms. The van der Waals surface area contributed by atoms with Crippen LogP contribution < -0.4 is 0 Å². The zero-order chi connectivity index (χ0) is 12.1. The van der Waals surface area contributed by atoms with Gasteiger partial charge in [0.25, 0.3) is 0 Å². The Morgan fingerprint density at radius 1 is 1.29 bits per heavy atom. The van der Waals surface area contributed by atoms with Crippen molar-refractivity contribution in [3.63, 3.8) is 0 Å². The highest BCUT2D eigenvalue weighted by Gasteiger charge is 1.96. The van der Waals surface area contributed by atoms with Crippen molar-refractivity contribution in [1.82, 2.24) is 10.1 Å². The highest BCUT2D eigenvalue weighted by molar-refractivity contribution is 8.03. The van der Waals surface area contributed by atoms with Gasteiger partial charge in [-0.05, 0) is 35.5 Å². The Balaban J connectivity index is 2.09. The Morgan fingerprint density at radius 2 is 2.06 bits per heavy atom. The number of hydrogen-bond donors (Lipinski definition) is 0. The van der Waals surface area contributed by atoms with E-state index in [2.05, 4.69) is 10.1 Å². The number of rotatable bonds is 3. The molecule has 0 amide bonds. The molecule has 0 atom stereocenters. The molecule has 0 aliphatic heterocycles. The van der Waals surface area contributed by atoms with Crippen molar-refractivity contribution in [2.75, 3.05) is 0 Å². The molecule has 84 valence electrons. The van der Waals surface area contributed by atoms with E-state index in [1.165, 1.54) is 0 Å². The molecule has 0 fully saturated rings. The largest absolute Gasteiger partial charge is 0.339 e. The summed E-state index contributed by atoms with van der Waals surface area (Å²) >= 11 is 1.14. The van der Waals surface area contributed by atoms with Gasteiger partial charge in [-0.2, -0.15) is 10.2 Å². The predicted molar refractivity (Wildman–Crippen MR) is 65.9 cm³/mol. The van der Waals surface area contributed by atoms with Gasteiger partial charge in [0.15, 0.2) is 5.82 Å². The topological polar surface area (TPSA) is 62.7 Å². The number of thioether (sulfide) groups is 1. The monoisotopic (exact) mass is 243 g/mol. The minimum atomic E-state index is 0.547. The quantitative estimate of drug-likeness (QED) is 0.612. The first-order valence-corrected chi connectivity index (χ1v) is 5.74. The van der Waals surface area contributed by atoms with Gasteiger partial charge in [0, 0.05) is 11.8 Å². The van der Waals surface area contributed by atoms with Crippen LogP contribution in [0.5, 0.6) is 0 Å². The van der Waals surface area contributed by atoms with Crippen LogP contribution in [0.1, 0.15) is 17.3 Å². The normalized spacial score (nSPS) is 10.6. The highest BCUT2D eigenvalue weighted by Crippen LogP contribution is 2.17. The molecule has 0 aliphatic rings. The van der Waals surface area contributed by atoms with Gasteiger partial charge >= 0.3 is 0 Å². The van der Waals surface area contributed by atoms with E-state index < -0.39 is 0 Å². The van der Waals surface area contributed by atoms with Crippen molar-refractivity contribution in [3.05, 3.63) is 41.5 Å². The van der Waals surface area contributed by atoms with Gasteiger partial charge in [-0.15, -0.1) is 0 Å². The smallest absolute Gasteiger partial charge is 0.223 e. The second-order valence-electron chi connectivity index (χ2n) is 3.27. The van der Waals surface area contributed by atoms with Crippen molar-refractivity contribution in [2.24, 2.45) is 0 Å². The summed E-state index contributed by atoms with van der Waals surface area (Å²) in [6.07, 6.45) is 3.67. The molecule has 0 N–H and O–H groups in total. The van der Waals surface area contributed by atoms with Crippen LogP contribution in [0.4, 0.5) is 0 Å². The van der Waals surface area contributed by atoms with Crippen LogP contribution in [0.15, 0.2) is 33.7 Å². The van der Waals surface area contributed by atoms with Gasteiger partial charge in [-0.1, -0.05) is 23.4 Å². The first kappa shape index (κ1) is 11.4. The predicted octanol–water partition coefficient (Wildman–Crippen LogP) is 3.12. The second kappa shape index (κ2) is 5.32. The lowest BCUT2D eigenvalue weighted by Gasteiger charge is -1.94. The minimum absolute atomic E-state index is 0.547. The lowest BCUT2D eigenvalue weighted by atomic mass is 10.2. The van der Waals surface area contributed by atoms with Crippen molar-refractivity contribution in [1.29, 1.82) is 5.26 Å². The maximum atomic E-state index is 8.52. The molecule has 1 heterocycles. The summed E-state index contributed by atoms with van der Waals surface area (Å²) < 4.78 is 4.85. The molecule has 2 aromatic rings. The van der Waals surface area contributed by atoms with E-state index in [0.717, 1.165) is 22.2 Å². The van der Waals surface area contributed by atoms with Gasteiger partial charge in [0.05, 0.1) is 0 Å². The molecule has 17 heavy (non-hydrogen) atoms. The molecule has 4 nitrogen and oxygen atoms in total. The zero-order valence-corrected chi connectivity index (χ0v) is 9.94. The number of thiocyanates is 1. The molecular weight excluding hydrogens is 234 g/mol. The number of aryl methyl sites for hydroxylation is 1. The summed E-state index contributed by atoms with van der Waals surface area (Å²) in [4.78, 5) is 4.99. The van der Waals surface area contributed by atoms with E-state index in [1.54, 1.807) is 13.0 Å². The Hall–Kier alpha value is -2.06. The molecule has 1 aromatic carbocycles. The molecule has 2 rings (SSSR count). The van der Waals surface area contributed by atoms with Crippen LogP contribution in [0.2, 0.25) is 0 Å². The molecule has 0 aliphatic carbocycles. The first-order chi connectivity index (χ1) is 8.28. The van der Waals surface area contributed by atoms with Crippen molar-refractivity contribution in [3.8, 4) is 5.40 Å². The summed E-state index contributed by atoms with van der Waals surface area (Å²) in [6, 6.07) is 7.66. The van der Waals surface area contributed by atoms with E-state index in [1.807, 2.05) is 35.7 Å². The van der Waals surface area contributed by atoms with Crippen LogP contribution in [0.25, 0.3) is 12.2 Å². The van der Waals surface area contributed by atoms with E-state index in [0.29, 0.717) is 11.7 Å². The fraction of sp³-hybridized carbons (Fsp3) is 0.0833. The second-order valence-corrected chi connectivity index (χ2v) is 4.13. The molecule has 5 heteroatoms. The van der Waals surface area contributed by atoms with Crippen molar-refractivity contribution in [2.45, 2.75) is 11.8 Å². The standard InChI is InChI=1S/C12H9N3OS/c1-9-14-12(15-16-9)7-4-10-2-5-11(6-3-10)17-8-13/h2-7H,1H3. The van der Waals surface area contributed by atoms with Crippen LogP contribution in [0, 0.1) is 17.6 Å². The number of hydrogen-bond acceptors (Lipinski definition) is 5. The van der Waals surface area contributed by atoms with Gasteiger partial charge in [0.1, 0.15) is 5.40 Å². The summed E-state index contributed by atoms with van der Waals surface area (Å²) in [7, 11) is 0. The fourth-order valence-corrected chi connectivity index (χ4v) is 1.63. The fourth-order valence-electron chi connectivity index (χ4n) is 1.25. The molecule has 0 saturated carbocycles. The lowest BCUT2D eigenvalue weighted by molar-refractivity contribution is 0.391.